The summed E-state index contributed by atoms with van der Waals surface area (Å²) in [4.78, 5) is 2.06. The van der Waals surface area contributed by atoms with Crippen LogP contribution in [-0.2, 0) is 0 Å². The van der Waals surface area contributed by atoms with Gasteiger partial charge in [-0.05, 0) is 13.3 Å². The highest BCUT2D eigenvalue weighted by Crippen LogP contribution is 2.31. The first-order valence-electron chi connectivity index (χ1n) is 4.40. The summed E-state index contributed by atoms with van der Waals surface area (Å²) in [5, 5.41) is 19.6. The Morgan fingerprint density at radius 3 is 2.69 bits per heavy atom. The minimum absolute atomic E-state index is 0.487. The average molecular weight is 199 g/mol. The summed E-state index contributed by atoms with van der Waals surface area (Å²) < 4.78 is 0. The molecule has 0 saturated carbocycles. The van der Waals surface area contributed by atoms with Crippen molar-refractivity contribution in [1.29, 1.82) is 0 Å². The number of aryl methyl sites for hydroxylation is 1. The largest absolute Gasteiger partial charge is 0.386 e. The average Bonchev–Trinajstić information content (AvgIpc) is 2.46. The molecule has 0 unspecified atom stereocenters. The third kappa shape index (κ3) is 1.53. The van der Waals surface area contributed by atoms with Crippen molar-refractivity contribution in [1.82, 2.24) is 10.2 Å². The number of aliphatic hydroxyl groups is 1. The lowest BCUT2D eigenvalue weighted by molar-refractivity contribution is 0.00845. The quantitative estimate of drug-likeness (QED) is 0.765. The van der Waals surface area contributed by atoms with Crippen LogP contribution >= 0.6 is 11.3 Å². The van der Waals surface area contributed by atoms with Gasteiger partial charge in [-0.15, -0.1) is 10.2 Å². The van der Waals surface area contributed by atoms with Crippen LogP contribution < -0.4 is 4.90 Å². The first kappa shape index (κ1) is 8.90. The lowest BCUT2D eigenvalue weighted by atomic mass is 9.92. The molecule has 0 bridgehead atoms. The molecule has 1 N–H and O–H groups in total. The number of nitrogens with zero attached hydrogens (tertiary/aromatic N) is 3. The van der Waals surface area contributed by atoms with Gasteiger partial charge in [0.05, 0.1) is 18.7 Å². The van der Waals surface area contributed by atoms with Gasteiger partial charge in [0.2, 0.25) is 5.13 Å². The maximum Gasteiger partial charge on any atom is 0.208 e. The standard InChI is InChI=1S/C8H13N3OS/c1-3-8(12)4-11(5-8)7-10-9-6(2)13-7/h12H,3-5H2,1-2H3. The molecule has 2 heterocycles. The molecular formula is C8H13N3OS. The van der Waals surface area contributed by atoms with Crippen molar-refractivity contribution >= 4 is 16.5 Å². The molecule has 1 aliphatic heterocycles. The van der Waals surface area contributed by atoms with Gasteiger partial charge in [0.1, 0.15) is 5.01 Å². The minimum atomic E-state index is -0.487. The zero-order valence-corrected chi connectivity index (χ0v) is 8.63. The predicted octanol–water partition coefficient (Wildman–Crippen LogP) is 0.808. The van der Waals surface area contributed by atoms with E-state index in [9.17, 15) is 5.11 Å². The Kier molecular flexibility index (Phi) is 2.00. The van der Waals surface area contributed by atoms with Gasteiger partial charge in [-0.25, -0.2) is 0 Å². The lowest BCUT2D eigenvalue weighted by Gasteiger charge is -2.45. The van der Waals surface area contributed by atoms with Crippen LogP contribution in [0.25, 0.3) is 0 Å². The van der Waals surface area contributed by atoms with E-state index in [1.54, 1.807) is 11.3 Å². The van der Waals surface area contributed by atoms with Gasteiger partial charge < -0.3 is 10.0 Å². The summed E-state index contributed by atoms with van der Waals surface area (Å²) in [5.74, 6) is 0. The Labute approximate surface area is 81.2 Å². The van der Waals surface area contributed by atoms with Crippen molar-refractivity contribution in [3.05, 3.63) is 5.01 Å². The fourth-order valence-electron chi connectivity index (χ4n) is 1.44. The molecule has 0 aromatic carbocycles. The molecule has 1 aromatic rings. The molecule has 0 aliphatic carbocycles. The fraction of sp³-hybridized carbons (Fsp3) is 0.750. The summed E-state index contributed by atoms with van der Waals surface area (Å²) in [5.41, 5.74) is -0.487. The van der Waals surface area contributed by atoms with E-state index in [1.165, 1.54) is 0 Å². The number of hydrogen-bond donors (Lipinski definition) is 1. The molecule has 1 aliphatic rings. The van der Waals surface area contributed by atoms with Gasteiger partial charge in [-0.3, -0.25) is 0 Å². The van der Waals surface area contributed by atoms with Gasteiger partial charge in [0.25, 0.3) is 0 Å². The molecule has 2 rings (SSSR count). The second-order valence-corrected chi connectivity index (χ2v) is 4.70. The Morgan fingerprint density at radius 1 is 1.54 bits per heavy atom. The van der Waals surface area contributed by atoms with Crippen LogP contribution in [0.4, 0.5) is 5.13 Å². The van der Waals surface area contributed by atoms with Crippen LogP contribution in [0.2, 0.25) is 0 Å². The molecule has 0 spiro atoms. The zero-order valence-electron chi connectivity index (χ0n) is 7.82. The van der Waals surface area contributed by atoms with Gasteiger partial charge in [0, 0.05) is 0 Å². The van der Waals surface area contributed by atoms with Crippen LogP contribution in [0.3, 0.4) is 0 Å². The van der Waals surface area contributed by atoms with Crippen molar-refractivity contribution < 1.29 is 5.11 Å². The van der Waals surface area contributed by atoms with Gasteiger partial charge in [0.15, 0.2) is 0 Å². The van der Waals surface area contributed by atoms with E-state index in [-0.39, 0.29) is 0 Å². The molecule has 1 aromatic heterocycles. The Hall–Kier alpha value is -0.680. The second kappa shape index (κ2) is 2.92. The summed E-state index contributed by atoms with van der Waals surface area (Å²) in [6.07, 6.45) is 0.807. The molecule has 0 amide bonds. The van der Waals surface area contributed by atoms with Gasteiger partial charge in [-0.1, -0.05) is 18.3 Å². The topological polar surface area (TPSA) is 49.2 Å². The molecule has 5 heteroatoms. The first-order valence-corrected chi connectivity index (χ1v) is 5.22. The number of aromatic nitrogens is 2. The van der Waals surface area contributed by atoms with E-state index in [2.05, 4.69) is 15.1 Å². The highest BCUT2D eigenvalue weighted by Gasteiger charge is 2.40. The Balaban J connectivity index is 2.01. The van der Waals surface area contributed by atoms with Crippen molar-refractivity contribution in [3.63, 3.8) is 0 Å². The highest BCUT2D eigenvalue weighted by atomic mass is 32.1. The van der Waals surface area contributed by atoms with Crippen LogP contribution in [0.5, 0.6) is 0 Å². The van der Waals surface area contributed by atoms with Gasteiger partial charge >= 0.3 is 0 Å². The summed E-state index contributed by atoms with van der Waals surface area (Å²) in [6.45, 7) is 5.33. The van der Waals surface area contributed by atoms with E-state index in [4.69, 9.17) is 0 Å². The second-order valence-electron chi connectivity index (χ2n) is 3.54. The smallest absolute Gasteiger partial charge is 0.208 e. The van der Waals surface area contributed by atoms with Crippen LogP contribution in [0, 0.1) is 6.92 Å². The number of rotatable bonds is 2. The van der Waals surface area contributed by atoms with Gasteiger partial charge in [-0.2, -0.15) is 0 Å². The first-order chi connectivity index (χ1) is 6.13. The van der Waals surface area contributed by atoms with Crippen molar-refractivity contribution in [2.24, 2.45) is 0 Å². The molecule has 1 fully saturated rings. The normalized spacial score (nSPS) is 20.1. The molecule has 0 atom stereocenters. The van der Waals surface area contributed by atoms with Crippen LogP contribution in [0.1, 0.15) is 18.4 Å². The van der Waals surface area contributed by atoms with Crippen molar-refractivity contribution in [3.8, 4) is 0 Å². The monoisotopic (exact) mass is 199 g/mol. The summed E-state index contributed by atoms with van der Waals surface area (Å²) in [6, 6.07) is 0. The van der Waals surface area contributed by atoms with Crippen molar-refractivity contribution in [2.45, 2.75) is 25.9 Å². The minimum Gasteiger partial charge on any atom is -0.386 e. The van der Waals surface area contributed by atoms with E-state index in [0.717, 1.165) is 16.6 Å². The van der Waals surface area contributed by atoms with E-state index < -0.39 is 5.60 Å². The molecule has 1 saturated heterocycles. The number of hydrogen-bond acceptors (Lipinski definition) is 5. The van der Waals surface area contributed by atoms with E-state index >= 15 is 0 Å². The lowest BCUT2D eigenvalue weighted by Crippen LogP contribution is -2.61. The molecular weight excluding hydrogens is 186 g/mol. The Morgan fingerprint density at radius 2 is 2.23 bits per heavy atom. The Bertz CT molecular complexity index is 306. The third-order valence-corrected chi connectivity index (χ3v) is 3.31. The van der Waals surface area contributed by atoms with E-state index in [1.807, 2.05) is 13.8 Å². The molecule has 4 nitrogen and oxygen atoms in total. The predicted molar refractivity (Wildman–Crippen MR) is 52.1 cm³/mol. The highest BCUT2D eigenvalue weighted by molar-refractivity contribution is 7.15. The molecule has 0 radical (unpaired) electrons. The zero-order chi connectivity index (χ0) is 9.47. The third-order valence-electron chi connectivity index (χ3n) is 2.41. The summed E-state index contributed by atoms with van der Waals surface area (Å²) in [7, 11) is 0. The fourth-order valence-corrected chi connectivity index (χ4v) is 2.12. The molecule has 72 valence electrons. The van der Waals surface area contributed by atoms with Crippen molar-refractivity contribution in [2.75, 3.05) is 18.0 Å². The maximum atomic E-state index is 9.77. The number of β-amino-alcohol motifs (C(OH)–C–C–N with tert-alkyl or cyclic N) is 1. The summed E-state index contributed by atoms with van der Waals surface area (Å²) >= 11 is 1.58. The number of anilines is 1. The SMILES string of the molecule is CCC1(O)CN(c2nnc(C)s2)C1. The van der Waals surface area contributed by atoms with E-state index in [0.29, 0.717) is 13.1 Å². The molecule has 13 heavy (non-hydrogen) atoms. The van der Waals surface area contributed by atoms with Crippen LogP contribution in [0.15, 0.2) is 0 Å². The maximum absolute atomic E-state index is 9.77. The van der Waals surface area contributed by atoms with Crippen LogP contribution in [-0.4, -0.2) is 34.0 Å².